The van der Waals surface area contributed by atoms with Gasteiger partial charge >= 0.3 is 0 Å². The van der Waals surface area contributed by atoms with Crippen LogP contribution in [0.5, 0.6) is 5.75 Å². The second-order valence-corrected chi connectivity index (χ2v) is 5.33. The van der Waals surface area contributed by atoms with Crippen molar-refractivity contribution in [2.75, 3.05) is 0 Å². The zero-order valence-corrected chi connectivity index (χ0v) is 13.2. The van der Waals surface area contributed by atoms with Gasteiger partial charge in [-0.05, 0) is 29.8 Å². The van der Waals surface area contributed by atoms with Crippen LogP contribution in [0.2, 0.25) is 5.02 Å². The van der Waals surface area contributed by atoms with E-state index in [9.17, 15) is 9.90 Å². The SMILES string of the molecule is O=C(N/N=C/c1ccccc1)c1nn(-c2ccc(Cl)cc2)cc1O. The number of nitrogens with one attached hydrogen (secondary N) is 1. The predicted molar refractivity (Wildman–Crippen MR) is 91.7 cm³/mol. The monoisotopic (exact) mass is 340 g/mol. The molecule has 0 bridgehead atoms. The summed E-state index contributed by atoms with van der Waals surface area (Å²) in [5, 5.41) is 18.4. The van der Waals surface area contributed by atoms with Crippen LogP contribution < -0.4 is 5.43 Å². The Morgan fingerprint density at radius 2 is 1.88 bits per heavy atom. The van der Waals surface area contributed by atoms with E-state index >= 15 is 0 Å². The summed E-state index contributed by atoms with van der Waals surface area (Å²) < 4.78 is 1.39. The highest BCUT2D eigenvalue weighted by Crippen LogP contribution is 2.19. The van der Waals surface area contributed by atoms with Crippen LogP contribution in [0.4, 0.5) is 0 Å². The van der Waals surface area contributed by atoms with Crippen molar-refractivity contribution in [1.29, 1.82) is 0 Å². The molecular weight excluding hydrogens is 328 g/mol. The maximum absolute atomic E-state index is 12.1. The largest absolute Gasteiger partial charge is 0.504 e. The molecule has 3 rings (SSSR count). The molecule has 0 radical (unpaired) electrons. The second-order valence-electron chi connectivity index (χ2n) is 4.89. The van der Waals surface area contributed by atoms with E-state index in [0.29, 0.717) is 10.7 Å². The summed E-state index contributed by atoms with van der Waals surface area (Å²) in [7, 11) is 0. The van der Waals surface area contributed by atoms with Crippen molar-refractivity contribution in [3.05, 3.63) is 77.1 Å². The lowest BCUT2D eigenvalue weighted by atomic mass is 10.2. The van der Waals surface area contributed by atoms with Crippen molar-refractivity contribution >= 4 is 23.7 Å². The summed E-state index contributed by atoms with van der Waals surface area (Å²) in [5.74, 6) is -0.843. The summed E-state index contributed by atoms with van der Waals surface area (Å²) >= 11 is 5.83. The first-order chi connectivity index (χ1) is 11.6. The first-order valence-corrected chi connectivity index (χ1v) is 7.44. The molecule has 1 amide bonds. The number of hydrazone groups is 1. The summed E-state index contributed by atoms with van der Waals surface area (Å²) in [6, 6.07) is 16.2. The highest BCUT2D eigenvalue weighted by molar-refractivity contribution is 6.30. The molecule has 0 aliphatic carbocycles. The molecule has 0 aliphatic rings. The minimum atomic E-state index is -0.604. The quantitative estimate of drug-likeness (QED) is 0.566. The number of benzene rings is 2. The molecule has 0 saturated heterocycles. The molecular formula is C17H13ClN4O2. The molecule has 120 valence electrons. The fraction of sp³-hybridized carbons (Fsp3) is 0. The highest BCUT2D eigenvalue weighted by Gasteiger charge is 2.16. The number of amides is 1. The van der Waals surface area contributed by atoms with Crippen LogP contribution in [0.15, 0.2) is 65.9 Å². The average Bonchev–Trinajstić information content (AvgIpc) is 2.98. The smallest absolute Gasteiger partial charge is 0.295 e. The summed E-state index contributed by atoms with van der Waals surface area (Å²) in [5.41, 5.74) is 3.73. The van der Waals surface area contributed by atoms with Gasteiger partial charge in [-0.2, -0.15) is 10.2 Å². The van der Waals surface area contributed by atoms with Gasteiger partial charge in [-0.25, -0.2) is 10.1 Å². The molecule has 2 N–H and O–H groups in total. The van der Waals surface area contributed by atoms with E-state index in [2.05, 4.69) is 15.6 Å². The van der Waals surface area contributed by atoms with Gasteiger partial charge in [0.1, 0.15) is 0 Å². The Bertz CT molecular complexity index is 873. The number of rotatable bonds is 4. The van der Waals surface area contributed by atoms with E-state index in [1.54, 1.807) is 24.3 Å². The lowest BCUT2D eigenvalue weighted by molar-refractivity contribution is 0.0947. The van der Waals surface area contributed by atoms with Crippen molar-refractivity contribution in [2.24, 2.45) is 5.10 Å². The number of aromatic nitrogens is 2. The van der Waals surface area contributed by atoms with Gasteiger partial charge < -0.3 is 5.11 Å². The fourth-order valence-electron chi connectivity index (χ4n) is 2.01. The van der Waals surface area contributed by atoms with Crippen LogP contribution in [0.25, 0.3) is 5.69 Å². The third-order valence-electron chi connectivity index (χ3n) is 3.18. The lowest BCUT2D eigenvalue weighted by Gasteiger charge is -2.00. The molecule has 0 fully saturated rings. The highest BCUT2D eigenvalue weighted by atomic mass is 35.5. The molecule has 7 heteroatoms. The standard InChI is InChI=1S/C17H13ClN4O2/c18-13-6-8-14(9-7-13)22-11-15(23)16(21-22)17(24)20-19-10-12-4-2-1-3-5-12/h1-11,23H,(H,20,24)/b19-10+. The number of nitrogens with zero attached hydrogens (tertiary/aromatic N) is 3. The van der Waals surface area contributed by atoms with E-state index in [1.807, 2.05) is 30.3 Å². The lowest BCUT2D eigenvalue weighted by Crippen LogP contribution is -2.18. The van der Waals surface area contributed by atoms with Gasteiger partial charge in [0.05, 0.1) is 18.1 Å². The van der Waals surface area contributed by atoms with Crippen molar-refractivity contribution in [3.63, 3.8) is 0 Å². The number of halogens is 1. The van der Waals surface area contributed by atoms with Gasteiger partial charge in [-0.3, -0.25) is 4.79 Å². The molecule has 24 heavy (non-hydrogen) atoms. The number of aromatic hydroxyl groups is 1. The van der Waals surface area contributed by atoms with E-state index in [1.165, 1.54) is 17.1 Å². The van der Waals surface area contributed by atoms with Gasteiger partial charge in [-0.15, -0.1) is 0 Å². The van der Waals surface area contributed by atoms with Crippen LogP contribution in [-0.4, -0.2) is 27.0 Å². The molecule has 0 aliphatic heterocycles. The van der Waals surface area contributed by atoms with Crippen LogP contribution in [0, 0.1) is 0 Å². The molecule has 6 nitrogen and oxygen atoms in total. The zero-order valence-electron chi connectivity index (χ0n) is 12.4. The fourth-order valence-corrected chi connectivity index (χ4v) is 2.14. The van der Waals surface area contributed by atoms with Crippen LogP contribution >= 0.6 is 11.6 Å². The molecule has 1 heterocycles. The summed E-state index contributed by atoms with van der Waals surface area (Å²) in [4.78, 5) is 12.1. The van der Waals surface area contributed by atoms with Gasteiger partial charge in [0.25, 0.3) is 5.91 Å². The minimum absolute atomic E-state index is 0.116. The van der Waals surface area contributed by atoms with Crippen LogP contribution in [0.1, 0.15) is 16.1 Å². The van der Waals surface area contributed by atoms with Gasteiger partial charge in [0, 0.05) is 5.02 Å². The van der Waals surface area contributed by atoms with Crippen molar-refractivity contribution in [1.82, 2.24) is 15.2 Å². The Morgan fingerprint density at radius 1 is 1.17 bits per heavy atom. The minimum Gasteiger partial charge on any atom is -0.504 e. The van der Waals surface area contributed by atoms with Crippen molar-refractivity contribution in [2.45, 2.75) is 0 Å². The van der Waals surface area contributed by atoms with Crippen molar-refractivity contribution < 1.29 is 9.90 Å². The number of hydrogen-bond acceptors (Lipinski definition) is 4. The molecule has 0 spiro atoms. The topological polar surface area (TPSA) is 79.5 Å². The second kappa shape index (κ2) is 6.97. The Balaban J connectivity index is 1.73. The Morgan fingerprint density at radius 3 is 2.58 bits per heavy atom. The number of carbonyl (C=O) groups is 1. The van der Waals surface area contributed by atoms with Gasteiger partial charge in [0.15, 0.2) is 11.4 Å². The Kier molecular flexibility index (Phi) is 4.58. The maximum Gasteiger partial charge on any atom is 0.295 e. The molecule has 0 unspecified atom stereocenters. The zero-order chi connectivity index (χ0) is 16.9. The van der Waals surface area contributed by atoms with E-state index in [-0.39, 0.29) is 11.4 Å². The number of carbonyl (C=O) groups excluding carboxylic acids is 1. The first-order valence-electron chi connectivity index (χ1n) is 7.06. The summed E-state index contributed by atoms with van der Waals surface area (Å²) in [6.45, 7) is 0. The maximum atomic E-state index is 12.1. The average molecular weight is 341 g/mol. The normalized spacial score (nSPS) is 10.9. The van der Waals surface area contributed by atoms with E-state index in [0.717, 1.165) is 5.56 Å². The first kappa shape index (κ1) is 15.8. The van der Waals surface area contributed by atoms with Crippen molar-refractivity contribution in [3.8, 4) is 11.4 Å². The summed E-state index contributed by atoms with van der Waals surface area (Å²) in [6.07, 6.45) is 2.85. The third-order valence-corrected chi connectivity index (χ3v) is 3.43. The van der Waals surface area contributed by atoms with Gasteiger partial charge in [0.2, 0.25) is 0 Å². The van der Waals surface area contributed by atoms with Crippen LogP contribution in [0.3, 0.4) is 0 Å². The van der Waals surface area contributed by atoms with E-state index in [4.69, 9.17) is 11.6 Å². The Labute approximate surface area is 143 Å². The molecule has 0 saturated carbocycles. The molecule has 1 aromatic heterocycles. The Hall–Kier alpha value is -3.12. The molecule has 2 aromatic carbocycles. The molecule has 3 aromatic rings. The van der Waals surface area contributed by atoms with E-state index < -0.39 is 5.91 Å². The predicted octanol–water partition coefficient (Wildman–Crippen LogP) is 3.00. The van der Waals surface area contributed by atoms with Crippen LogP contribution in [-0.2, 0) is 0 Å². The number of hydrogen-bond donors (Lipinski definition) is 2. The van der Waals surface area contributed by atoms with Gasteiger partial charge in [-0.1, -0.05) is 41.9 Å². The molecule has 0 atom stereocenters. The third kappa shape index (κ3) is 3.61.